The van der Waals surface area contributed by atoms with Crippen LogP contribution in [0.4, 0.5) is 0 Å². The van der Waals surface area contributed by atoms with E-state index < -0.39 is 17.9 Å². The minimum absolute atomic E-state index is 0.139. The number of hydrazone groups is 1. The molecular formula is C23H26BrN3O5. The highest BCUT2D eigenvalue weighted by Crippen LogP contribution is 2.25. The van der Waals surface area contributed by atoms with E-state index in [2.05, 4.69) is 36.5 Å². The second-order valence-electron chi connectivity index (χ2n) is 7.35. The molecule has 0 aliphatic heterocycles. The van der Waals surface area contributed by atoms with Crippen LogP contribution in [-0.2, 0) is 14.3 Å². The van der Waals surface area contributed by atoms with Crippen molar-refractivity contribution in [3.8, 4) is 5.75 Å². The largest absolute Gasteiger partial charge is 0.481 e. The number of rotatable bonds is 9. The molecule has 0 bridgehead atoms. The van der Waals surface area contributed by atoms with Crippen LogP contribution in [0.15, 0.2) is 52.0 Å². The van der Waals surface area contributed by atoms with Crippen LogP contribution >= 0.6 is 15.9 Å². The van der Waals surface area contributed by atoms with Crippen molar-refractivity contribution in [1.29, 1.82) is 0 Å². The first-order valence-electron chi connectivity index (χ1n) is 9.91. The number of methoxy groups -OCH3 is 1. The Morgan fingerprint density at radius 3 is 2.41 bits per heavy atom. The third kappa shape index (κ3) is 7.49. The van der Waals surface area contributed by atoms with Gasteiger partial charge in [0.15, 0.2) is 6.61 Å². The fraction of sp³-hybridized carbons (Fsp3) is 0.304. The van der Waals surface area contributed by atoms with E-state index in [-0.39, 0.29) is 18.4 Å². The lowest BCUT2D eigenvalue weighted by molar-refractivity contribution is -0.142. The Hall–Kier alpha value is -3.20. The second-order valence-corrected chi connectivity index (χ2v) is 8.20. The van der Waals surface area contributed by atoms with Gasteiger partial charge in [0.25, 0.3) is 11.8 Å². The minimum atomic E-state index is -0.748. The summed E-state index contributed by atoms with van der Waals surface area (Å²) in [4.78, 5) is 36.2. The molecule has 0 heterocycles. The molecule has 0 spiro atoms. The van der Waals surface area contributed by atoms with E-state index in [4.69, 9.17) is 4.74 Å². The van der Waals surface area contributed by atoms with Crippen molar-refractivity contribution in [3.05, 3.63) is 63.6 Å². The maximum atomic E-state index is 12.6. The van der Waals surface area contributed by atoms with Gasteiger partial charge >= 0.3 is 5.97 Å². The first kappa shape index (κ1) is 25.1. The Balaban J connectivity index is 1.97. The van der Waals surface area contributed by atoms with E-state index in [0.29, 0.717) is 21.3 Å². The van der Waals surface area contributed by atoms with Gasteiger partial charge in [-0.05, 0) is 64.7 Å². The molecule has 2 aromatic rings. The molecular weight excluding hydrogens is 478 g/mol. The summed E-state index contributed by atoms with van der Waals surface area (Å²) >= 11 is 3.36. The lowest BCUT2D eigenvalue weighted by Gasteiger charge is -2.20. The number of esters is 1. The summed E-state index contributed by atoms with van der Waals surface area (Å²) in [6.45, 7) is 5.41. The predicted molar refractivity (Wildman–Crippen MR) is 125 cm³/mol. The quantitative estimate of drug-likeness (QED) is 0.310. The molecule has 8 nitrogen and oxygen atoms in total. The fourth-order valence-electron chi connectivity index (χ4n) is 2.61. The Morgan fingerprint density at radius 2 is 1.81 bits per heavy atom. The number of benzene rings is 2. The monoisotopic (exact) mass is 503 g/mol. The summed E-state index contributed by atoms with van der Waals surface area (Å²) in [5, 5.41) is 6.74. The van der Waals surface area contributed by atoms with Gasteiger partial charge in [-0.25, -0.2) is 10.2 Å². The van der Waals surface area contributed by atoms with E-state index in [9.17, 15) is 14.4 Å². The average molecular weight is 504 g/mol. The van der Waals surface area contributed by atoms with Crippen molar-refractivity contribution >= 4 is 39.9 Å². The Morgan fingerprint density at radius 1 is 1.12 bits per heavy atom. The maximum Gasteiger partial charge on any atom is 0.343 e. The summed E-state index contributed by atoms with van der Waals surface area (Å²) in [5.74, 6) is -0.905. The molecule has 0 saturated carbocycles. The van der Waals surface area contributed by atoms with Crippen LogP contribution in [0.25, 0.3) is 0 Å². The van der Waals surface area contributed by atoms with Crippen LogP contribution in [-0.4, -0.2) is 43.8 Å². The molecule has 2 rings (SSSR count). The normalized spacial score (nSPS) is 11.8. The maximum absolute atomic E-state index is 12.6. The molecule has 1 unspecified atom stereocenters. The summed E-state index contributed by atoms with van der Waals surface area (Å²) in [6, 6.07) is 11.5. The van der Waals surface area contributed by atoms with Gasteiger partial charge in [0, 0.05) is 5.56 Å². The van der Waals surface area contributed by atoms with Gasteiger partial charge in [-0.3, -0.25) is 9.59 Å². The van der Waals surface area contributed by atoms with Gasteiger partial charge in [0.1, 0.15) is 11.8 Å². The molecule has 2 aromatic carbocycles. The van der Waals surface area contributed by atoms with E-state index in [1.54, 1.807) is 30.3 Å². The molecule has 0 aromatic heterocycles. The number of ether oxygens (including phenoxy) is 2. The van der Waals surface area contributed by atoms with Gasteiger partial charge in [-0.2, -0.15) is 5.10 Å². The van der Waals surface area contributed by atoms with E-state index >= 15 is 0 Å². The summed E-state index contributed by atoms with van der Waals surface area (Å²) in [6.07, 6.45) is 1.46. The molecule has 0 radical (unpaired) electrons. The van der Waals surface area contributed by atoms with Crippen molar-refractivity contribution in [3.63, 3.8) is 0 Å². The highest BCUT2D eigenvalue weighted by molar-refractivity contribution is 9.10. The van der Waals surface area contributed by atoms with Crippen LogP contribution in [0, 0.1) is 12.8 Å². The molecule has 0 aliphatic rings. The van der Waals surface area contributed by atoms with Crippen molar-refractivity contribution in [2.45, 2.75) is 26.8 Å². The molecule has 2 amide bonds. The third-order valence-corrected chi connectivity index (χ3v) is 5.09. The van der Waals surface area contributed by atoms with Crippen molar-refractivity contribution < 1.29 is 23.9 Å². The van der Waals surface area contributed by atoms with Gasteiger partial charge in [-0.1, -0.05) is 31.5 Å². The summed E-state index contributed by atoms with van der Waals surface area (Å²) in [5.41, 5.74) is 4.68. The van der Waals surface area contributed by atoms with Gasteiger partial charge < -0.3 is 14.8 Å². The van der Waals surface area contributed by atoms with Crippen LogP contribution in [0.1, 0.15) is 35.3 Å². The zero-order chi connectivity index (χ0) is 23.7. The topological polar surface area (TPSA) is 106 Å². The number of nitrogens with zero attached hydrogens (tertiary/aromatic N) is 1. The predicted octanol–water partition coefficient (Wildman–Crippen LogP) is 3.21. The van der Waals surface area contributed by atoms with Crippen molar-refractivity contribution in [2.24, 2.45) is 11.0 Å². The van der Waals surface area contributed by atoms with E-state index in [0.717, 1.165) is 5.56 Å². The minimum Gasteiger partial charge on any atom is -0.481 e. The van der Waals surface area contributed by atoms with E-state index in [1.165, 1.54) is 13.3 Å². The number of halogens is 1. The molecule has 2 N–H and O–H groups in total. The summed E-state index contributed by atoms with van der Waals surface area (Å²) in [7, 11) is 1.28. The number of hydrogen-bond donors (Lipinski definition) is 2. The Kier molecular flexibility index (Phi) is 9.39. The molecule has 0 saturated heterocycles. The van der Waals surface area contributed by atoms with Crippen molar-refractivity contribution in [1.82, 2.24) is 10.7 Å². The second kappa shape index (κ2) is 12.0. The molecule has 170 valence electrons. The van der Waals surface area contributed by atoms with E-state index in [1.807, 2.05) is 32.9 Å². The lowest BCUT2D eigenvalue weighted by Crippen LogP contribution is -2.48. The average Bonchev–Trinajstić information content (AvgIpc) is 2.76. The smallest absolute Gasteiger partial charge is 0.343 e. The number of carbonyl (C=O) groups excluding carboxylic acids is 3. The van der Waals surface area contributed by atoms with Crippen LogP contribution < -0.4 is 15.5 Å². The first-order valence-corrected chi connectivity index (χ1v) is 10.7. The molecule has 32 heavy (non-hydrogen) atoms. The van der Waals surface area contributed by atoms with Crippen molar-refractivity contribution in [2.75, 3.05) is 13.7 Å². The highest BCUT2D eigenvalue weighted by Gasteiger charge is 2.24. The first-order chi connectivity index (χ1) is 15.2. The lowest BCUT2D eigenvalue weighted by atomic mass is 10.0. The third-order valence-electron chi connectivity index (χ3n) is 4.47. The SMILES string of the molecule is COC(=O)COc1ccc(C=NNC(=O)C(NC(=O)c2ccc(C)cc2)C(C)C)cc1Br. The molecule has 1 atom stereocenters. The zero-order valence-corrected chi connectivity index (χ0v) is 19.9. The number of amides is 2. The number of aryl methyl sites for hydroxylation is 1. The number of hydrogen-bond acceptors (Lipinski definition) is 6. The number of nitrogens with one attached hydrogen (secondary N) is 2. The standard InChI is InChI=1S/C23H26BrN3O5/c1-14(2)21(26-22(29)17-8-5-15(3)6-9-17)23(30)27-25-12-16-7-10-19(18(24)11-16)32-13-20(28)31-4/h5-12,14,21H,13H2,1-4H3,(H,26,29)(H,27,30). The van der Waals surface area contributed by atoms with Crippen LogP contribution in [0.3, 0.4) is 0 Å². The summed E-state index contributed by atoms with van der Waals surface area (Å²) < 4.78 is 10.5. The molecule has 9 heteroatoms. The Labute approximate surface area is 195 Å². The van der Waals surface area contributed by atoms with Gasteiger partial charge in [0.2, 0.25) is 0 Å². The zero-order valence-electron chi connectivity index (χ0n) is 18.3. The van der Waals surface area contributed by atoms with Crippen LogP contribution in [0.2, 0.25) is 0 Å². The Bertz CT molecular complexity index is 990. The molecule has 0 aliphatic carbocycles. The van der Waals surface area contributed by atoms with Gasteiger partial charge in [0.05, 0.1) is 17.8 Å². The fourth-order valence-corrected chi connectivity index (χ4v) is 3.13. The van der Waals surface area contributed by atoms with Gasteiger partial charge in [-0.15, -0.1) is 0 Å². The van der Waals surface area contributed by atoms with Crippen LogP contribution in [0.5, 0.6) is 5.75 Å². The molecule has 0 fully saturated rings. The number of carbonyl (C=O) groups is 3. The highest BCUT2D eigenvalue weighted by atomic mass is 79.9.